The maximum Gasteiger partial charge on any atom is 0.132 e. The Morgan fingerprint density at radius 2 is 1.67 bits per heavy atom. The molecule has 3 aromatic carbocycles. The number of rotatable bonds is 3. The van der Waals surface area contributed by atoms with Crippen LogP contribution in [0, 0.1) is 5.82 Å². The van der Waals surface area contributed by atoms with Crippen molar-refractivity contribution in [2.45, 2.75) is 0 Å². The molecule has 0 saturated heterocycles. The summed E-state index contributed by atoms with van der Waals surface area (Å²) in [7, 11) is 0. The third kappa shape index (κ3) is 2.72. The first-order valence-electron chi connectivity index (χ1n) is 8.76. The van der Waals surface area contributed by atoms with Gasteiger partial charge >= 0.3 is 0 Å². The molecule has 0 aliphatic rings. The Bertz CT molecular complexity index is 1290. The van der Waals surface area contributed by atoms with E-state index in [0.29, 0.717) is 5.39 Å². The van der Waals surface area contributed by atoms with Gasteiger partial charge in [-0.2, -0.15) is 5.10 Å². The third-order valence-corrected chi connectivity index (χ3v) is 4.77. The molecule has 0 radical (unpaired) electrons. The fraction of sp³-hybridized carbons (Fsp3) is 0. The van der Waals surface area contributed by atoms with Crippen LogP contribution in [0.15, 0.2) is 79.1 Å². The number of halogens is 1. The van der Waals surface area contributed by atoms with Crippen LogP contribution in [-0.2, 0) is 0 Å². The van der Waals surface area contributed by atoms with E-state index in [2.05, 4.69) is 10.2 Å². The van der Waals surface area contributed by atoms with Gasteiger partial charge in [-0.1, -0.05) is 54.6 Å². The molecule has 3 nitrogen and oxygen atoms in total. The topological polar surface area (TPSA) is 33.6 Å². The Morgan fingerprint density at radius 3 is 2.59 bits per heavy atom. The van der Waals surface area contributed by atoms with E-state index in [-0.39, 0.29) is 5.82 Å². The molecule has 27 heavy (non-hydrogen) atoms. The monoisotopic (exact) mass is 353 g/mol. The molecule has 0 saturated carbocycles. The van der Waals surface area contributed by atoms with Gasteiger partial charge in [0.1, 0.15) is 5.82 Å². The van der Waals surface area contributed by atoms with Crippen LogP contribution in [0.5, 0.6) is 0 Å². The minimum absolute atomic E-state index is 0.206. The zero-order chi connectivity index (χ0) is 18.2. The van der Waals surface area contributed by atoms with Crippen LogP contribution in [0.2, 0.25) is 0 Å². The van der Waals surface area contributed by atoms with E-state index >= 15 is 0 Å². The summed E-state index contributed by atoms with van der Waals surface area (Å²) in [6.45, 7) is 0. The summed E-state index contributed by atoms with van der Waals surface area (Å²) in [4.78, 5) is 0. The number of nitrogens with one attached hydrogen (secondary N) is 1. The molecule has 0 atom stereocenters. The number of hydrogen-bond acceptors (Lipinski definition) is 1. The molecule has 5 rings (SSSR count). The summed E-state index contributed by atoms with van der Waals surface area (Å²) < 4.78 is 16.0. The quantitative estimate of drug-likeness (QED) is 0.436. The maximum atomic E-state index is 14.1. The molecule has 4 heteroatoms. The Morgan fingerprint density at radius 1 is 0.815 bits per heavy atom. The zero-order valence-corrected chi connectivity index (χ0v) is 14.4. The Balaban J connectivity index is 1.59. The second-order valence-electron chi connectivity index (χ2n) is 6.45. The lowest BCUT2D eigenvalue weighted by atomic mass is 10.1. The van der Waals surface area contributed by atoms with Gasteiger partial charge in [0.15, 0.2) is 0 Å². The van der Waals surface area contributed by atoms with Gasteiger partial charge in [0, 0.05) is 28.6 Å². The largest absolute Gasteiger partial charge is 0.322 e. The highest BCUT2D eigenvalue weighted by Gasteiger charge is 2.07. The molecule has 0 fully saturated rings. The number of para-hydroxylation sites is 2. The first-order valence-corrected chi connectivity index (χ1v) is 8.76. The van der Waals surface area contributed by atoms with Crippen molar-refractivity contribution in [3.63, 3.8) is 0 Å². The van der Waals surface area contributed by atoms with E-state index in [0.717, 1.165) is 33.2 Å². The standard InChI is InChI=1S/C23H16FN3/c24-20-9-5-7-17-14-27(15-19(17)20)23-11-4-1-6-16(23)12-13-22-18-8-2-3-10-21(18)25-26-22/h1-15H,(H,25,26). The van der Waals surface area contributed by atoms with Crippen LogP contribution in [0.1, 0.15) is 11.3 Å². The van der Waals surface area contributed by atoms with E-state index in [1.165, 1.54) is 6.07 Å². The lowest BCUT2D eigenvalue weighted by Crippen LogP contribution is -1.92. The third-order valence-electron chi connectivity index (χ3n) is 4.77. The highest BCUT2D eigenvalue weighted by molar-refractivity contribution is 5.90. The summed E-state index contributed by atoms with van der Waals surface area (Å²) in [5, 5.41) is 10.0. The van der Waals surface area contributed by atoms with E-state index in [1.54, 1.807) is 6.07 Å². The van der Waals surface area contributed by atoms with Crippen molar-refractivity contribution >= 4 is 33.8 Å². The minimum atomic E-state index is -0.206. The summed E-state index contributed by atoms with van der Waals surface area (Å²) in [5.41, 5.74) is 3.93. The number of fused-ring (bicyclic) bond motifs is 2. The molecule has 1 N–H and O–H groups in total. The number of hydrogen-bond donors (Lipinski definition) is 1. The second kappa shape index (κ2) is 6.25. The fourth-order valence-corrected chi connectivity index (χ4v) is 3.41. The molecule has 0 unspecified atom stereocenters. The van der Waals surface area contributed by atoms with Crippen molar-refractivity contribution in [2.75, 3.05) is 0 Å². The Kier molecular flexibility index (Phi) is 3.61. The Hall–Kier alpha value is -3.66. The second-order valence-corrected chi connectivity index (χ2v) is 6.45. The number of H-pyrrole nitrogens is 1. The van der Waals surface area contributed by atoms with Crippen molar-refractivity contribution in [3.8, 4) is 5.69 Å². The van der Waals surface area contributed by atoms with Crippen molar-refractivity contribution in [3.05, 3.63) is 96.2 Å². The van der Waals surface area contributed by atoms with E-state index in [4.69, 9.17) is 0 Å². The number of aromatic nitrogens is 3. The summed E-state index contributed by atoms with van der Waals surface area (Å²) in [5.74, 6) is -0.206. The number of nitrogens with zero attached hydrogens (tertiary/aromatic N) is 2. The molecular weight excluding hydrogens is 337 g/mol. The Labute approximate surface area is 155 Å². The van der Waals surface area contributed by atoms with Crippen LogP contribution in [0.4, 0.5) is 4.39 Å². The summed E-state index contributed by atoms with van der Waals surface area (Å²) in [6.07, 6.45) is 7.83. The van der Waals surface area contributed by atoms with Crippen LogP contribution < -0.4 is 0 Å². The molecule has 130 valence electrons. The van der Waals surface area contributed by atoms with Crippen molar-refractivity contribution in [1.82, 2.24) is 14.8 Å². The predicted octanol–water partition coefficient (Wildman–Crippen LogP) is 5.82. The van der Waals surface area contributed by atoms with Crippen molar-refractivity contribution in [2.24, 2.45) is 0 Å². The van der Waals surface area contributed by atoms with Gasteiger partial charge in [-0.25, -0.2) is 4.39 Å². The SMILES string of the molecule is Fc1cccc2cn(-c3ccccc3C=Cc3n[nH]c4ccccc34)cc12. The maximum absolute atomic E-state index is 14.1. The van der Waals surface area contributed by atoms with Gasteiger partial charge in [-0.15, -0.1) is 0 Å². The van der Waals surface area contributed by atoms with Gasteiger partial charge in [0.2, 0.25) is 0 Å². The van der Waals surface area contributed by atoms with Gasteiger partial charge in [-0.3, -0.25) is 5.10 Å². The first-order chi connectivity index (χ1) is 13.3. The minimum Gasteiger partial charge on any atom is -0.322 e. The summed E-state index contributed by atoms with van der Waals surface area (Å²) in [6, 6.07) is 21.2. The van der Waals surface area contributed by atoms with E-state index < -0.39 is 0 Å². The molecule has 0 amide bonds. The van der Waals surface area contributed by atoms with E-state index in [9.17, 15) is 4.39 Å². The van der Waals surface area contributed by atoms with Crippen molar-refractivity contribution < 1.29 is 4.39 Å². The fourth-order valence-electron chi connectivity index (χ4n) is 3.41. The molecule has 0 spiro atoms. The normalized spacial score (nSPS) is 11.7. The first kappa shape index (κ1) is 15.6. The molecule has 0 bridgehead atoms. The molecule has 0 aliphatic carbocycles. The predicted molar refractivity (Wildman–Crippen MR) is 108 cm³/mol. The van der Waals surface area contributed by atoms with Gasteiger partial charge in [0.25, 0.3) is 0 Å². The number of aromatic amines is 1. The van der Waals surface area contributed by atoms with Crippen LogP contribution >= 0.6 is 0 Å². The highest BCUT2D eigenvalue weighted by atomic mass is 19.1. The van der Waals surface area contributed by atoms with Gasteiger partial charge in [-0.05, 0) is 29.8 Å². The molecular formula is C23H16FN3. The zero-order valence-electron chi connectivity index (χ0n) is 14.4. The van der Waals surface area contributed by atoms with E-state index in [1.807, 2.05) is 83.7 Å². The van der Waals surface area contributed by atoms with Crippen LogP contribution in [0.3, 0.4) is 0 Å². The van der Waals surface area contributed by atoms with Crippen molar-refractivity contribution in [1.29, 1.82) is 0 Å². The highest BCUT2D eigenvalue weighted by Crippen LogP contribution is 2.25. The number of benzene rings is 3. The average Bonchev–Trinajstić information content (AvgIpc) is 3.32. The molecule has 2 heterocycles. The molecule has 0 aliphatic heterocycles. The van der Waals surface area contributed by atoms with Crippen LogP contribution in [-0.4, -0.2) is 14.8 Å². The summed E-state index contributed by atoms with van der Waals surface area (Å²) >= 11 is 0. The van der Waals surface area contributed by atoms with Crippen LogP contribution in [0.25, 0.3) is 39.5 Å². The van der Waals surface area contributed by atoms with Gasteiger partial charge < -0.3 is 4.57 Å². The molecule has 2 aromatic heterocycles. The average molecular weight is 353 g/mol. The lowest BCUT2D eigenvalue weighted by Gasteiger charge is -2.07. The lowest BCUT2D eigenvalue weighted by molar-refractivity contribution is 0.640. The molecule has 5 aromatic rings. The smallest absolute Gasteiger partial charge is 0.132 e. The van der Waals surface area contributed by atoms with Gasteiger partial charge in [0.05, 0.1) is 16.9 Å².